The fraction of sp³-hybridized carbons (Fsp3) is 0. The fourth-order valence-corrected chi connectivity index (χ4v) is 7.05. The normalized spacial score (nSPS) is 11.5. The molecular formula is C44H30N2. The van der Waals surface area contributed by atoms with Crippen LogP contribution in [0.5, 0.6) is 0 Å². The first-order chi connectivity index (χ1) is 22.8. The maximum Gasteiger partial charge on any atom is 0.0561 e. The molecule has 9 rings (SSSR count). The largest absolute Gasteiger partial charge is 0.310 e. The minimum Gasteiger partial charge on any atom is -0.310 e. The molecular weight excluding hydrogens is 556 g/mol. The summed E-state index contributed by atoms with van der Waals surface area (Å²) in [5.74, 6) is 0. The van der Waals surface area contributed by atoms with Crippen LogP contribution < -0.4 is 4.90 Å². The van der Waals surface area contributed by atoms with Crippen LogP contribution in [0.2, 0.25) is 0 Å². The Hall–Kier alpha value is -6.12. The zero-order valence-electron chi connectivity index (χ0n) is 25.2. The van der Waals surface area contributed by atoms with Crippen molar-refractivity contribution in [2.24, 2.45) is 0 Å². The van der Waals surface area contributed by atoms with Crippen LogP contribution in [0, 0.1) is 0 Å². The molecule has 0 radical (unpaired) electrons. The van der Waals surface area contributed by atoms with Gasteiger partial charge >= 0.3 is 0 Å². The second kappa shape index (κ2) is 10.8. The standard InChI is InChI=1S/C44H30N2/c1-3-18-34(19-4-1)45(36-26-27-40-39-23-11-12-25-42(39)46(44(40)30-36)35-20-5-2-6-21-35)43-29-33-16-8-7-15-32(33)28-41(43)38-24-13-17-31-14-9-10-22-37(31)38/h1-30H. The summed E-state index contributed by atoms with van der Waals surface area (Å²) in [6.07, 6.45) is 0. The molecule has 0 N–H and O–H groups in total. The van der Waals surface area contributed by atoms with E-state index < -0.39 is 0 Å². The van der Waals surface area contributed by atoms with E-state index in [-0.39, 0.29) is 0 Å². The van der Waals surface area contributed by atoms with E-state index >= 15 is 0 Å². The summed E-state index contributed by atoms with van der Waals surface area (Å²) in [5.41, 5.74) is 9.31. The number of anilines is 3. The summed E-state index contributed by atoms with van der Waals surface area (Å²) in [7, 11) is 0. The smallest absolute Gasteiger partial charge is 0.0561 e. The molecule has 0 saturated heterocycles. The molecule has 1 aromatic heterocycles. The Bertz CT molecular complexity index is 2520. The Morgan fingerprint density at radius 1 is 0.348 bits per heavy atom. The topological polar surface area (TPSA) is 8.17 Å². The first-order valence-corrected chi connectivity index (χ1v) is 15.8. The van der Waals surface area contributed by atoms with E-state index in [0.717, 1.165) is 22.7 Å². The van der Waals surface area contributed by atoms with E-state index in [1.54, 1.807) is 0 Å². The van der Waals surface area contributed by atoms with E-state index in [9.17, 15) is 0 Å². The van der Waals surface area contributed by atoms with Gasteiger partial charge in [0.15, 0.2) is 0 Å². The molecule has 2 heteroatoms. The maximum atomic E-state index is 2.43. The number of hydrogen-bond donors (Lipinski definition) is 0. The molecule has 0 aliphatic carbocycles. The molecule has 0 spiro atoms. The molecule has 216 valence electrons. The zero-order chi connectivity index (χ0) is 30.5. The van der Waals surface area contributed by atoms with Gasteiger partial charge in [0.2, 0.25) is 0 Å². The Morgan fingerprint density at radius 3 is 1.76 bits per heavy atom. The van der Waals surface area contributed by atoms with Gasteiger partial charge in [-0.05, 0) is 81.7 Å². The number of para-hydroxylation sites is 3. The van der Waals surface area contributed by atoms with Gasteiger partial charge in [-0.2, -0.15) is 0 Å². The van der Waals surface area contributed by atoms with Crippen molar-refractivity contribution in [2.75, 3.05) is 4.90 Å². The maximum absolute atomic E-state index is 2.43. The molecule has 1 heterocycles. The second-order valence-electron chi connectivity index (χ2n) is 11.8. The number of rotatable bonds is 5. The highest BCUT2D eigenvalue weighted by molar-refractivity contribution is 6.11. The number of aromatic nitrogens is 1. The molecule has 0 atom stereocenters. The molecule has 0 saturated carbocycles. The van der Waals surface area contributed by atoms with Crippen LogP contribution >= 0.6 is 0 Å². The summed E-state index contributed by atoms with van der Waals surface area (Å²) < 4.78 is 2.39. The highest BCUT2D eigenvalue weighted by atomic mass is 15.1. The molecule has 2 nitrogen and oxygen atoms in total. The van der Waals surface area contributed by atoms with Gasteiger partial charge in [0.05, 0.1) is 16.7 Å². The van der Waals surface area contributed by atoms with Crippen LogP contribution in [-0.4, -0.2) is 4.57 Å². The number of fused-ring (bicyclic) bond motifs is 5. The predicted molar refractivity (Wildman–Crippen MR) is 196 cm³/mol. The number of benzene rings is 8. The van der Waals surface area contributed by atoms with Crippen LogP contribution in [0.4, 0.5) is 17.1 Å². The van der Waals surface area contributed by atoms with Crippen molar-refractivity contribution < 1.29 is 0 Å². The molecule has 9 aromatic rings. The molecule has 0 aliphatic heterocycles. The summed E-state index contributed by atoms with van der Waals surface area (Å²) in [6.45, 7) is 0. The van der Waals surface area contributed by atoms with Gasteiger partial charge in [0, 0.05) is 33.4 Å². The van der Waals surface area contributed by atoms with Crippen molar-refractivity contribution in [2.45, 2.75) is 0 Å². The van der Waals surface area contributed by atoms with Crippen molar-refractivity contribution >= 4 is 60.4 Å². The van der Waals surface area contributed by atoms with E-state index in [1.807, 2.05) is 0 Å². The zero-order valence-corrected chi connectivity index (χ0v) is 25.2. The quantitative estimate of drug-likeness (QED) is 0.195. The van der Waals surface area contributed by atoms with Gasteiger partial charge < -0.3 is 9.47 Å². The molecule has 0 fully saturated rings. The first kappa shape index (κ1) is 26.3. The summed E-state index contributed by atoms with van der Waals surface area (Å²) in [5, 5.41) is 7.41. The lowest BCUT2D eigenvalue weighted by Crippen LogP contribution is -2.11. The van der Waals surface area contributed by atoms with Crippen molar-refractivity contribution in [1.82, 2.24) is 4.57 Å². The molecule has 46 heavy (non-hydrogen) atoms. The first-order valence-electron chi connectivity index (χ1n) is 15.8. The Balaban J connectivity index is 1.37. The number of nitrogens with zero attached hydrogens (tertiary/aromatic N) is 2. The Labute approximate surface area is 268 Å². The van der Waals surface area contributed by atoms with Crippen molar-refractivity contribution in [3.8, 4) is 16.8 Å². The second-order valence-corrected chi connectivity index (χ2v) is 11.8. The molecule has 0 amide bonds. The van der Waals surface area contributed by atoms with Gasteiger partial charge in [-0.25, -0.2) is 0 Å². The third kappa shape index (κ3) is 4.27. The van der Waals surface area contributed by atoms with Crippen molar-refractivity contribution in [1.29, 1.82) is 0 Å². The summed E-state index contributed by atoms with van der Waals surface area (Å²) >= 11 is 0. The van der Waals surface area contributed by atoms with Gasteiger partial charge in [-0.15, -0.1) is 0 Å². The van der Waals surface area contributed by atoms with Crippen molar-refractivity contribution in [3.63, 3.8) is 0 Å². The monoisotopic (exact) mass is 586 g/mol. The highest BCUT2D eigenvalue weighted by Gasteiger charge is 2.21. The lowest BCUT2D eigenvalue weighted by molar-refractivity contribution is 1.18. The van der Waals surface area contributed by atoms with Crippen LogP contribution in [-0.2, 0) is 0 Å². The highest BCUT2D eigenvalue weighted by Crippen LogP contribution is 2.45. The average molecular weight is 587 g/mol. The van der Waals surface area contributed by atoms with Crippen LogP contribution in [0.15, 0.2) is 182 Å². The molecule has 0 unspecified atom stereocenters. The van der Waals surface area contributed by atoms with Crippen LogP contribution in [0.3, 0.4) is 0 Å². The Kier molecular flexibility index (Phi) is 6.17. The molecule has 8 aromatic carbocycles. The third-order valence-corrected chi connectivity index (χ3v) is 9.13. The summed E-state index contributed by atoms with van der Waals surface area (Å²) in [6, 6.07) is 65.8. The van der Waals surface area contributed by atoms with E-state index in [2.05, 4.69) is 191 Å². The van der Waals surface area contributed by atoms with Gasteiger partial charge in [0.1, 0.15) is 0 Å². The fourth-order valence-electron chi connectivity index (χ4n) is 7.05. The lowest BCUT2D eigenvalue weighted by atomic mass is 9.93. The van der Waals surface area contributed by atoms with Crippen molar-refractivity contribution in [3.05, 3.63) is 182 Å². The lowest BCUT2D eigenvalue weighted by Gasteiger charge is -2.29. The van der Waals surface area contributed by atoms with Crippen LogP contribution in [0.25, 0.3) is 60.2 Å². The predicted octanol–water partition coefficient (Wildman–Crippen LogP) is 12.2. The minimum atomic E-state index is 1.11. The van der Waals surface area contributed by atoms with Gasteiger partial charge in [-0.1, -0.05) is 127 Å². The molecule has 0 bridgehead atoms. The van der Waals surface area contributed by atoms with E-state index in [0.29, 0.717) is 0 Å². The SMILES string of the molecule is c1ccc(N(c2ccc3c4ccccc4n(-c4ccccc4)c3c2)c2cc3ccccc3cc2-c2cccc3ccccc23)cc1. The van der Waals surface area contributed by atoms with Gasteiger partial charge in [-0.3, -0.25) is 0 Å². The number of hydrogen-bond acceptors (Lipinski definition) is 1. The van der Waals surface area contributed by atoms with Gasteiger partial charge in [0.25, 0.3) is 0 Å². The van der Waals surface area contributed by atoms with Crippen LogP contribution in [0.1, 0.15) is 0 Å². The Morgan fingerprint density at radius 2 is 0.957 bits per heavy atom. The van der Waals surface area contributed by atoms with E-state index in [4.69, 9.17) is 0 Å². The minimum absolute atomic E-state index is 1.11. The molecule has 0 aliphatic rings. The summed E-state index contributed by atoms with van der Waals surface area (Å²) in [4.78, 5) is 2.43. The third-order valence-electron chi connectivity index (χ3n) is 9.13. The van der Waals surface area contributed by atoms with E-state index in [1.165, 1.54) is 54.5 Å². The average Bonchev–Trinajstić information content (AvgIpc) is 3.46.